The number of likely N-dealkylation sites (N-methyl/N-ethyl adjacent to an activating group) is 1. The van der Waals surface area contributed by atoms with Crippen LogP contribution in [0.25, 0.3) is 0 Å². The molecule has 1 aromatic heterocycles. The van der Waals surface area contributed by atoms with Gasteiger partial charge >= 0.3 is 0 Å². The average Bonchev–Trinajstić information content (AvgIpc) is 2.70. The third-order valence-corrected chi connectivity index (χ3v) is 5.96. The number of hydrogen-bond acceptors (Lipinski definition) is 6. The zero-order chi connectivity index (χ0) is 20.1. The van der Waals surface area contributed by atoms with Crippen LogP contribution in [0, 0.1) is 13.8 Å². The normalized spacial score (nSPS) is 14.9. The Morgan fingerprint density at radius 2 is 1.93 bits per heavy atom. The van der Waals surface area contributed by atoms with E-state index in [1.807, 2.05) is 31.2 Å². The molecule has 0 bridgehead atoms. The molecule has 1 aromatic carbocycles. The SMILES string of the molecule is CCNC(=O)c1cccc(CSc2nc(C)c(C)c(N3CCN(C)CC3)n2)c1. The molecule has 2 heterocycles. The van der Waals surface area contributed by atoms with Gasteiger partial charge in [-0.15, -0.1) is 0 Å². The van der Waals surface area contributed by atoms with E-state index in [1.165, 1.54) is 0 Å². The van der Waals surface area contributed by atoms with Gasteiger partial charge in [-0.1, -0.05) is 23.9 Å². The summed E-state index contributed by atoms with van der Waals surface area (Å²) < 4.78 is 0. The quantitative estimate of drug-likeness (QED) is 0.595. The summed E-state index contributed by atoms with van der Waals surface area (Å²) in [5.74, 6) is 1.76. The van der Waals surface area contributed by atoms with E-state index < -0.39 is 0 Å². The Hall–Kier alpha value is -2.12. The van der Waals surface area contributed by atoms with E-state index in [9.17, 15) is 4.79 Å². The molecule has 150 valence electrons. The van der Waals surface area contributed by atoms with E-state index in [4.69, 9.17) is 4.98 Å². The molecule has 0 atom stereocenters. The average molecular weight is 400 g/mol. The van der Waals surface area contributed by atoms with Gasteiger partial charge in [-0.3, -0.25) is 4.79 Å². The molecule has 0 spiro atoms. The Morgan fingerprint density at radius 3 is 2.64 bits per heavy atom. The molecule has 0 saturated carbocycles. The summed E-state index contributed by atoms with van der Waals surface area (Å²) in [6, 6.07) is 7.76. The summed E-state index contributed by atoms with van der Waals surface area (Å²) in [6.07, 6.45) is 0. The lowest BCUT2D eigenvalue weighted by molar-refractivity contribution is 0.0955. The Morgan fingerprint density at radius 1 is 1.18 bits per heavy atom. The van der Waals surface area contributed by atoms with Gasteiger partial charge in [0.05, 0.1) is 0 Å². The monoisotopic (exact) mass is 399 g/mol. The van der Waals surface area contributed by atoms with Crippen LogP contribution in [0.5, 0.6) is 0 Å². The number of piperazine rings is 1. The molecular formula is C21H29N5OS. The highest BCUT2D eigenvalue weighted by Crippen LogP contribution is 2.27. The number of aromatic nitrogens is 2. The van der Waals surface area contributed by atoms with Crippen molar-refractivity contribution in [2.24, 2.45) is 0 Å². The van der Waals surface area contributed by atoms with Gasteiger partial charge in [-0.25, -0.2) is 9.97 Å². The van der Waals surface area contributed by atoms with Crippen LogP contribution in [0.15, 0.2) is 29.4 Å². The summed E-state index contributed by atoms with van der Waals surface area (Å²) in [5.41, 5.74) is 3.98. The topological polar surface area (TPSA) is 61.4 Å². The fourth-order valence-electron chi connectivity index (χ4n) is 3.19. The molecule has 1 saturated heterocycles. The van der Waals surface area contributed by atoms with Crippen LogP contribution in [0.1, 0.15) is 34.1 Å². The Labute approximate surface area is 171 Å². The molecule has 0 unspecified atom stereocenters. The lowest BCUT2D eigenvalue weighted by atomic mass is 10.1. The van der Waals surface area contributed by atoms with Crippen LogP contribution >= 0.6 is 11.8 Å². The number of hydrogen-bond donors (Lipinski definition) is 1. The number of anilines is 1. The van der Waals surface area contributed by atoms with Crippen molar-refractivity contribution in [2.45, 2.75) is 31.7 Å². The second-order valence-electron chi connectivity index (χ2n) is 7.18. The molecule has 28 heavy (non-hydrogen) atoms. The predicted molar refractivity (Wildman–Crippen MR) is 115 cm³/mol. The molecule has 3 rings (SSSR count). The van der Waals surface area contributed by atoms with E-state index >= 15 is 0 Å². The maximum Gasteiger partial charge on any atom is 0.251 e. The van der Waals surface area contributed by atoms with Gasteiger partial charge in [0.25, 0.3) is 5.91 Å². The summed E-state index contributed by atoms with van der Waals surface area (Å²) >= 11 is 1.62. The zero-order valence-corrected chi connectivity index (χ0v) is 18.0. The highest BCUT2D eigenvalue weighted by Gasteiger charge is 2.19. The fraction of sp³-hybridized carbons (Fsp3) is 0.476. The van der Waals surface area contributed by atoms with Crippen LogP contribution < -0.4 is 10.2 Å². The van der Waals surface area contributed by atoms with E-state index in [0.717, 1.165) is 59.7 Å². The Kier molecular flexibility index (Phi) is 6.91. The second-order valence-corrected chi connectivity index (χ2v) is 8.12. The van der Waals surface area contributed by atoms with Crippen molar-refractivity contribution in [2.75, 3.05) is 44.7 Å². The van der Waals surface area contributed by atoms with E-state index in [-0.39, 0.29) is 5.91 Å². The van der Waals surface area contributed by atoms with Gasteiger partial charge in [0.15, 0.2) is 5.16 Å². The first-order chi connectivity index (χ1) is 13.5. The molecule has 7 heteroatoms. The van der Waals surface area contributed by atoms with Crippen LogP contribution in [0.2, 0.25) is 0 Å². The molecule has 1 amide bonds. The number of carbonyl (C=O) groups is 1. The number of nitrogens with one attached hydrogen (secondary N) is 1. The number of carbonyl (C=O) groups excluding carboxylic acids is 1. The van der Waals surface area contributed by atoms with Crippen LogP contribution in [0.3, 0.4) is 0 Å². The molecule has 6 nitrogen and oxygen atoms in total. The van der Waals surface area contributed by atoms with Crippen molar-refractivity contribution in [1.29, 1.82) is 0 Å². The Balaban J connectivity index is 1.73. The number of aryl methyl sites for hydroxylation is 1. The van der Waals surface area contributed by atoms with Gasteiger partial charge in [0.1, 0.15) is 5.82 Å². The molecule has 1 fully saturated rings. The van der Waals surface area contributed by atoms with Gasteiger partial charge < -0.3 is 15.1 Å². The first kappa shape index (κ1) is 20.6. The van der Waals surface area contributed by atoms with E-state index in [0.29, 0.717) is 12.1 Å². The minimum Gasteiger partial charge on any atom is -0.354 e. The third-order valence-electron chi connectivity index (χ3n) is 5.04. The Bertz CT molecular complexity index is 834. The van der Waals surface area contributed by atoms with Crippen molar-refractivity contribution < 1.29 is 4.79 Å². The van der Waals surface area contributed by atoms with E-state index in [1.54, 1.807) is 11.8 Å². The largest absolute Gasteiger partial charge is 0.354 e. The van der Waals surface area contributed by atoms with Crippen molar-refractivity contribution in [3.63, 3.8) is 0 Å². The first-order valence-corrected chi connectivity index (χ1v) is 10.7. The first-order valence-electron chi connectivity index (χ1n) is 9.76. The van der Waals surface area contributed by atoms with Crippen molar-refractivity contribution in [1.82, 2.24) is 20.2 Å². The van der Waals surface area contributed by atoms with E-state index in [2.05, 4.69) is 41.0 Å². The van der Waals surface area contributed by atoms with Crippen molar-refractivity contribution in [3.8, 4) is 0 Å². The minimum absolute atomic E-state index is 0.0332. The fourth-order valence-corrected chi connectivity index (χ4v) is 4.02. The number of nitrogens with zero attached hydrogens (tertiary/aromatic N) is 4. The predicted octanol–water partition coefficient (Wildman–Crippen LogP) is 2.89. The molecule has 1 aliphatic heterocycles. The van der Waals surface area contributed by atoms with Gasteiger partial charge in [0.2, 0.25) is 0 Å². The molecule has 2 aromatic rings. The lowest BCUT2D eigenvalue weighted by Gasteiger charge is -2.34. The maximum absolute atomic E-state index is 12.0. The molecule has 1 aliphatic rings. The zero-order valence-electron chi connectivity index (χ0n) is 17.2. The summed E-state index contributed by atoms with van der Waals surface area (Å²) in [6.45, 7) is 10.8. The number of thioether (sulfide) groups is 1. The van der Waals surface area contributed by atoms with Gasteiger partial charge in [0, 0.05) is 55.3 Å². The third kappa shape index (κ3) is 5.02. The lowest BCUT2D eigenvalue weighted by Crippen LogP contribution is -2.45. The highest BCUT2D eigenvalue weighted by molar-refractivity contribution is 7.98. The van der Waals surface area contributed by atoms with Crippen LogP contribution in [-0.2, 0) is 5.75 Å². The number of benzene rings is 1. The number of amides is 1. The molecule has 0 radical (unpaired) electrons. The standard InChI is InChI=1S/C21H29N5OS/c1-5-22-20(27)18-8-6-7-17(13-18)14-28-21-23-16(3)15(2)19(24-21)26-11-9-25(4)10-12-26/h6-8,13H,5,9-12,14H2,1-4H3,(H,22,27). The number of rotatable bonds is 6. The summed E-state index contributed by atoms with van der Waals surface area (Å²) in [7, 11) is 2.16. The minimum atomic E-state index is -0.0332. The van der Waals surface area contributed by atoms with Crippen LogP contribution in [-0.4, -0.2) is 60.5 Å². The second kappa shape index (κ2) is 9.39. The maximum atomic E-state index is 12.0. The molecule has 0 aliphatic carbocycles. The van der Waals surface area contributed by atoms with Gasteiger partial charge in [-0.05, 0) is 45.5 Å². The van der Waals surface area contributed by atoms with Crippen molar-refractivity contribution in [3.05, 3.63) is 46.6 Å². The van der Waals surface area contributed by atoms with Crippen LogP contribution in [0.4, 0.5) is 5.82 Å². The van der Waals surface area contributed by atoms with Gasteiger partial charge in [-0.2, -0.15) is 0 Å². The highest BCUT2D eigenvalue weighted by atomic mass is 32.2. The molecule has 1 N–H and O–H groups in total. The summed E-state index contributed by atoms with van der Waals surface area (Å²) in [4.78, 5) is 26.3. The molecular weight excluding hydrogens is 370 g/mol. The van der Waals surface area contributed by atoms with Crippen molar-refractivity contribution >= 4 is 23.5 Å². The summed E-state index contributed by atoms with van der Waals surface area (Å²) in [5, 5.41) is 3.64. The smallest absolute Gasteiger partial charge is 0.251 e.